The lowest BCUT2D eigenvalue weighted by molar-refractivity contribution is -0.137. The van der Waals surface area contributed by atoms with Crippen LogP contribution in [0.1, 0.15) is 13.3 Å². The van der Waals surface area contributed by atoms with Gasteiger partial charge in [0.05, 0.1) is 5.69 Å². The molecule has 0 fully saturated rings. The van der Waals surface area contributed by atoms with Crippen LogP contribution in [0.2, 0.25) is 0 Å². The maximum absolute atomic E-state index is 12.3. The number of nitrogens with zero attached hydrogens (tertiary/aromatic N) is 1. The van der Waals surface area contributed by atoms with E-state index in [0.717, 1.165) is 4.31 Å². The molecule has 0 aromatic heterocycles. The Hall–Kier alpha value is -1.60. The Labute approximate surface area is 106 Å². The van der Waals surface area contributed by atoms with Gasteiger partial charge in [0.2, 0.25) is 10.0 Å². The number of carboxylic acid groups (broad SMARTS) is 1. The summed E-state index contributed by atoms with van der Waals surface area (Å²) < 4.78 is 25.4. The smallest absolute Gasteiger partial charge is 0.318 e. The molecular weight excluding hydrogens is 256 g/mol. The molecule has 1 rings (SSSR count). The van der Waals surface area contributed by atoms with Crippen molar-refractivity contribution < 1.29 is 18.3 Å². The van der Waals surface area contributed by atoms with Crippen molar-refractivity contribution in [3.63, 3.8) is 0 Å². The van der Waals surface area contributed by atoms with Crippen LogP contribution in [0.5, 0.6) is 0 Å². The number of aliphatic carboxylic acids is 1. The van der Waals surface area contributed by atoms with Gasteiger partial charge in [0.25, 0.3) is 0 Å². The quantitative estimate of drug-likeness (QED) is 0.744. The molecule has 0 heterocycles. The zero-order chi connectivity index (χ0) is 13.8. The minimum Gasteiger partial charge on any atom is -0.480 e. The lowest BCUT2D eigenvalue weighted by Crippen LogP contribution is -2.36. The average Bonchev–Trinajstić information content (AvgIpc) is 2.28. The summed E-state index contributed by atoms with van der Waals surface area (Å²) in [6, 6.07) is 6.01. The van der Waals surface area contributed by atoms with Gasteiger partial charge in [0.15, 0.2) is 0 Å². The molecule has 0 atom stereocenters. The first kappa shape index (κ1) is 14.5. The van der Waals surface area contributed by atoms with Gasteiger partial charge in [-0.05, 0) is 18.6 Å². The van der Waals surface area contributed by atoms with Gasteiger partial charge in [0, 0.05) is 6.54 Å². The highest BCUT2D eigenvalue weighted by molar-refractivity contribution is 7.89. The van der Waals surface area contributed by atoms with Crippen molar-refractivity contribution in [1.29, 1.82) is 0 Å². The van der Waals surface area contributed by atoms with Crippen LogP contribution in [0.3, 0.4) is 0 Å². The van der Waals surface area contributed by atoms with Crippen molar-refractivity contribution in [3.8, 4) is 0 Å². The highest BCUT2D eigenvalue weighted by atomic mass is 32.2. The number of carboxylic acids is 1. The topological polar surface area (TPSA) is 101 Å². The molecule has 0 aliphatic carbocycles. The maximum Gasteiger partial charge on any atom is 0.318 e. The molecule has 6 nitrogen and oxygen atoms in total. The van der Waals surface area contributed by atoms with Crippen molar-refractivity contribution in [2.24, 2.45) is 0 Å². The number of nitrogens with two attached hydrogens (primary N) is 1. The van der Waals surface area contributed by atoms with E-state index < -0.39 is 22.5 Å². The van der Waals surface area contributed by atoms with Crippen LogP contribution < -0.4 is 5.73 Å². The Morgan fingerprint density at radius 1 is 1.39 bits per heavy atom. The van der Waals surface area contributed by atoms with Crippen molar-refractivity contribution in [2.45, 2.75) is 18.2 Å². The zero-order valence-corrected chi connectivity index (χ0v) is 10.9. The number of anilines is 1. The third kappa shape index (κ3) is 3.21. The molecule has 0 radical (unpaired) electrons. The summed E-state index contributed by atoms with van der Waals surface area (Å²) in [5.74, 6) is -1.19. The van der Waals surface area contributed by atoms with Gasteiger partial charge in [-0.25, -0.2) is 8.42 Å². The van der Waals surface area contributed by atoms with E-state index in [-0.39, 0.29) is 17.1 Å². The molecule has 1 aromatic rings. The standard InChI is InChI=1S/C11H16N2O4S/c1-2-7-13(8-11(14)15)18(16,17)10-6-4-3-5-9(10)12/h3-6H,2,7-8,12H2,1H3,(H,14,15). The second-order valence-corrected chi connectivity index (χ2v) is 5.68. The first-order valence-corrected chi connectivity index (χ1v) is 6.90. The molecule has 1 aromatic carbocycles. The van der Waals surface area contributed by atoms with Crippen molar-refractivity contribution >= 4 is 21.7 Å². The molecule has 0 saturated carbocycles. The molecule has 18 heavy (non-hydrogen) atoms. The van der Waals surface area contributed by atoms with Crippen molar-refractivity contribution in [3.05, 3.63) is 24.3 Å². The molecule has 3 N–H and O–H groups in total. The first-order chi connectivity index (χ1) is 8.39. The van der Waals surface area contributed by atoms with Crippen LogP contribution in [0.15, 0.2) is 29.2 Å². The van der Waals surface area contributed by atoms with Crippen LogP contribution in [-0.2, 0) is 14.8 Å². The largest absolute Gasteiger partial charge is 0.480 e. The average molecular weight is 272 g/mol. The minimum atomic E-state index is -3.86. The normalized spacial score (nSPS) is 11.7. The van der Waals surface area contributed by atoms with Crippen molar-refractivity contribution in [2.75, 3.05) is 18.8 Å². The third-order valence-corrected chi connectivity index (χ3v) is 4.24. The molecule has 0 amide bonds. The maximum atomic E-state index is 12.3. The van der Waals surface area contributed by atoms with Gasteiger partial charge in [0.1, 0.15) is 11.4 Å². The van der Waals surface area contributed by atoms with Crippen LogP contribution in [-0.4, -0.2) is 36.9 Å². The minimum absolute atomic E-state index is 0.0558. The number of sulfonamides is 1. The summed E-state index contributed by atoms with van der Waals surface area (Å²) in [7, 11) is -3.86. The summed E-state index contributed by atoms with van der Waals surface area (Å²) in [5.41, 5.74) is 5.73. The predicted octanol–water partition coefficient (Wildman–Crippen LogP) is 0.754. The van der Waals surface area contributed by atoms with Crippen LogP contribution in [0.4, 0.5) is 5.69 Å². The van der Waals surface area contributed by atoms with E-state index in [9.17, 15) is 13.2 Å². The summed E-state index contributed by atoms with van der Waals surface area (Å²) in [5, 5.41) is 8.75. The van der Waals surface area contributed by atoms with Gasteiger partial charge in [-0.3, -0.25) is 4.79 Å². The zero-order valence-electron chi connectivity index (χ0n) is 10.0. The van der Waals surface area contributed by atoms with E-state index in [1.54, 1.807) is 19.1 Å². The van der Waals surface area contributed by atoms with E-state index >= 15 is 0 Å². The number of carbonyl (C=O) groups is 1. The second-order valence-electron chi connectivity index (χ2n) is 3.77. The van der Waals surface area contributed by atoms with Crippen LogP contribution in [0.25, 0.3) is 0 Å². The fourth-order valence-corrected chi connectivity index (χ4v) is 3.14. The third-order valence-electron chi connectivity index (χ3n) is 2.32. The Morgan fingerprint density at radius 2 is 2.00 bits per heavy atom. The van der Waals surface area contributed by atoms with Crippen molar-refractivity contribution in [1.82, 2.24) is 4.31 Å². The number of nitrogen functional groups attached to an aromatic ring is 1. The molecule has 100 valence electrons. The Bertz CT molecular complexity index is 528. The van der Waals surface area contributed by atoms with E-state index in [2.05, 4.69) is 0 Å². The predicted molar refractivity (Wildman–Crippen MR) is 67.5 cm³/mol. The Kier molecular flexibility index (Phi) is 4.69. The van der Waals surface area contributed by atoms with E-state index in [1.165, 1.54) is 12.1 Å². The number of rotatable bonds is 6. The lowest BCUT2D eigenvalue weighted by Gasteiger charge is -2.20. The van der Waals surface area contributed by atoms with Gasteiger partial charge in [-0.2, -0.15) is 4.31 Å². The molecule has 0 spiro atoms. The fourth-order valence-electron chi connectivity index (χ4n) is 1.54. The van der Waals surface area contributed by atoms with Gasteiger partial charge in [-0.1, -0.05) is 19.1 Å². The number of hydrogen-bond donors (Lipinski definition) is 2. The molecule has 0 aliphatic heterocycles. The van der Waals surface area contributed by atoms with Gasteiger partial charge >= 0.3 is 5.97 Å². The molecular formula is C11H16N2O4S. The van der Waals surface area contributed by atoms with E-state index in [0.29, 0.717) is 6.42 Å². The molecule has 0 bridgehead atoms. The van der Waals surface area contributed by atoms with Gasteiger partial charge < -0.3 is 10.8 Å². The van der Waals surface area contributed by atoms with Crippen LogP contribution >= 0.6 is 0 Å². The highest BCUT2D eigenvalue weighted by Gasteiger charge is 2.27. The summed E-state index contributed by atoms with van der Waals surface area (Å²) in [6.45, 7) is 1.35. The second kappa shape index (κ2) is 5.83. The highest BCUT2D eigenvalue weighted by Crippen LogP contribution is 2.21. The number of hydrogen-bond acceptors (Lipinski definition) is 4. The Morgan fingerprint density at radius 3 is 2.50 bits per heavy atom. The molecule has 0 saturated heterocycles. The molecule has 0 unspecified atom stereocenters. The molecule has 7 heteroatoms. The number of para-hydroxylation sites is 1. The van der Waals surface area contributed by atoms with E-state index in [1.807, 2.05) is 0 Å². The Balaban J connectivity index is 3.17. The SMILES string of the molecule is CCCN(CC(=O)O)S(=O)(=O)c1ccccc1N. The summed E-state index contributed by atoms with van der Waals surface area (Å²) >= 11 is 0. The summed E-state index contributed by atoms with van der Waals surface area (Å²) in [6.07, 6.45) is 0.527. The first-order valence-electron chi connectivity index (χ1n) is 5.46. The van der Waals surface area contributed by atoms with Gasteiger partial charge in [-0.15, -0.1) is 0 Å². The summed E-state index contributed by atoms with van der Waals surface area (Å²) in [4.78, 5) is 10.7. The lowest BCUT2D eigenvalue weighted by atomic mass is 10.3. The van der Waals surface area contributed by atoms with Crippen LogP contribution in [0, 0.1) is 0 Å². The monoisotopic (exact) mass is 272 g/mol. The molecule has 0 aliphatic rings. The fraction of sp³-hybridized carbons (Fsp3) is 0.364. The number of benzene rings is 1. The van der Waals surface area contributed by atoms with E-state index in [4.69, 9.17) is 10.8 Å².